The molecule has 26 heavy (non-hydrogen) atoms. The van der Waals surface area contributed by atoms with Gasteiger partial charge in [-0.05, 0) is 42.8 Å². The number of aryl methyl sites for hydroxylation is 1. The molecule has 0 atom stereocenters. The summed E-state index contributed by atoms with van der Waals surface area (Å²) in [4.78, 5) is 23.7. The number of benzene rings is 1. The number of pyridine rings is 1. The highest BCUT2D eigenvalue weighted by molar-refractivity contribution is 5.55. The van der Waals surface area contributed by atoms with E-state index < -0.39 is 0 Å². The maximum atomic E-state index is 13.2. The van der Waals surface area contributed by atoms with Crippen LogP contribution in [0.1, 0.15) is 16.8 Å². The number of hydrogen-bond donors (Lipinski definition) is 2. The quantitative estimate of drug-likeness (QED) is 0.683. The average molecular weight is 348 g/mol. The summed E-state index contributed by atoms with van der Waals surface area (Å²) < 4.78 is 1.65. The molecule has 2 aromatic heterocycles. The molecule has 7 heteroatoms. The highest BCUT2D eigenvalue weighted by atomic mass is 16.1. The van der Waals surface area contributed by atoms with Crippen LogP contribution in [-0.4, -0.2) is 21.1 Å². The van der Waals surface area contributed by atoms with Crippen molar-refractivity contribution in [3.8, 4) is 5.69 Å². The van der Waals surface area contributed by atoms with Gasteiger partial charge < -0.3 is 16.4 Å². The van der Waals surface area contributed by atoms with E-state index >= 15 is 0 Å². The second-order valence-corrected chi connectivity index (χ2v) is 6.49. The number of anilines is 3. The molecule has 0 unspecified atom stereocenters. The second kappa shape index (κ2) is 6.18. The van der Waals surface area contributed by atoms with Crippen LogP contribution in [-0.2, 0) is 13.0 Å². The summed E-state index contributed by atoms with van der Waals surface area (Å²) in [6, 6.07) is 9.23. The Labute approximate surface area is 150 Å². The summed E-state index contributed by atoms with van der Waals surface area (Å²) in [5.74, 6) is 0.291. The smallest absolute Gasteiger partial charge is 0.278 e. The molecule has 1 aliphatic rings. The Bertz CT molecular complexity index is 1030. The first kappa shape index (κ1) is 16.1. The van der Waals surface area contributed by atoms with Crippen LogP contribution in [0, 0.1) is 6.92 Å². The summed E-state index contributed by atoms with van der Waals surface area (Å²) in [5, 5.41) is 0. The molecule has 1 aliphatic heterocycles. The molecule has 132 valence electrons. The fourth-order valence-electron chi connectivity index (χ4n) is 3.36. The van der Waals surface area contributed by atoms with Gasteiger partial charge in [-0.2, -0.15) is 0 Å². The van der Waals surface area contributed by atoms with Crippen molar-refractivity contribution in [2.75, 3.05) is 22.9 Å². The van der Waals surface area contributed by atoms with Crippen LogP contribution >= 0.6 is 0 Å². The van der Waals surface area contributed by atoms with Crippen molar-refractivity contribution in [3.63, 3.8) is 0 Å². The van der Waals surface area contributed by atoms with Crippen molar-refractivity contribution < 1.29 is 0 Å². The van der Waals surface area contributed by atoms with Gasteiger partial charge in [0.1, 0.15) is 5.69 Å². The van der Waals surface area contributed by atoms with Gasteiger partial charge in [0.15, 0.2) is 0 Å². The zero-order valence-corrected chi connectivity index (χ0v) is 14.5. The fourth-order valence-corrected chi connectivity index (χ4v) is 3.36. The average Bonchev–Trinajstić information content (AvgIpc) is 2.63. The van der Waals surface area contributed by atoms with Crippen molar-refractivity contribution in [3.05, 3.63) is 69.9 Å². The van der Waals surface area contributed by atoms with Gasteiger partial charge in [-0.3, -0.25) is 9.36 Å². The van der Waals surface area contributed by atoms with Crippen molar-refractivity contribution in [2.24, 2.45) is 0 Å². The molecule has 0 saturated carbocycles. The lowest BCUT2D eigenvalue weighted by Gasteiger charge is -2.30. The zero-order valence-electron chi connectivity index (χ0n) is 14.5. The van der Waals surface area contributed by atoms with E-state index in [0.29, 0.717) is 30.4 Å². The summed E-state index contributed by atoms with van der Waals surface area (Å²) in [6.45, 7) is 3.27. The first-order valence-electron chi connectivity index (χ1n) is 8.46. The molecule has 0 spiro atoms. The Morgan fingerprint density at radius 3 is 2.65 bits per heavy atom. The van der Waals surface area contributed by atoms with Gasteiger partial charge in [0.2, 0.25) is 5.95 Å². The maximum Gasteiger partial charge on any atom is 0.278 e. The molecular weight excluding hydrogens is 328 g/mol. The maximum absolute atomic E-state index is 13.2. The first-order chi connectivity index (χ1) is 12.5. The predicted molar refractivity (Wildman–Crippen MR) is 102 cm³/mol. The van der Waals surface area contributed by atoms with Gasteiger partial charge >= 0.3 is 0 Å². The molecule has 7 nitrogen and oxygen atoms in total. The van der Waals surface area contributed by atoms with E-state index in [4.69, 9.17) is 11.5 Å². The minimum Gasteiger partial charge on any atom is -0.399 e. The number of fused-ring (bicyclic) bond motifs is 1. The van der Waals surface area contributed by atoms with Crippen molar-refractivity contribution in [1.82, 2.24) is 14.5 Å². The second-order valence-electron chi connectivity index (χ2n) is 6.49. The number of nitrogen functional groups attached to an aromatic ring is 2. The van der Waals surface area contributed by atoms with E-state index in [2.05, 4.69) is 14.9 Å². The molecule has 0 bridgehead atoms. The molecule has 0 amide bonds. The molecule has 1 aromatic carbocycles. The van der Waals surface area contributed by atoms with E-state index in [1.807, 2.05) is 25.1 Å². The van der Waals surface area contributed by atoms with Crippen LogP contribution in [0.3, 0.4) is 0 Å². The van der Waals surface area contributed by atoms with Gasteiger partial charge in [0.05, 0.1) is 5.69 Å². The molecule has 0 radical (unpaired) electrons. The number of nitrogens with zero attached hydrogens (tertiary/aromatic N) is 4. The highest BCUT2D eigenvalue weighted by Gasteiger charge is 2.22. The number of rotatable bonds is 2. The third-order valence-electron chi connectivity index (χ3n) is 4.71. The lowest BCUT2D eigenvalue weighted by Crippen LogP contribution is -2.37. The third kappa shape index (κ3) is 2.77. The van der Waals surface area contributed by atoms with Crippen molar-refractivity contribution >= 4 is 17.3 Å². The Hall–Kier alpha value is -3.35. The molecule has 4 N–H and O–H groups in total. The molecule has 3 aromatic rings. The van der Waals surface area contributed by atoms with E-state index in [0.717, 1.165) is 28.9 Å². The van der Waals surface area contributed by atoms with Crippen LogP contribution < -0.4 is 21.9 Å². The van der Waals surface area contributed by atoms with Crippen molar-refractivity contribution in [1.29, 1.82) is 0 Å². The van der Waals surface area contributed by atoms with Gasteiger partial charge in [-0.15, -0.1) is 0 Å². The van der Waals surface area contributed by atoms with Gasteiger partial charge in [0, 0.05) is 48.8 Å². The van der Waals surface area contributed by atoms with Crippen molar-refractivity contribution in [2.45, 2.75) is 19.9 Å². The highest BCUT2D eigenvalue weighted by Crippen LogP contribution is 2.24. The summed E-state index contributed by atoms with van der Waals surface area (Å²) >= 11 is 0. The predicted octanol–water partition coefficient (Wildman–Crippen LogP) is 1.66. The van der Waals surface area contributed by atoms with Crippen LogP contribution in [0.25, 0.3) is 5.69 Å². The number of nitrogens with two attached hydrogens (primary N) is 2. The molecule has 0 saturated heterocycles. The molecule has 4 rings (SSSR count). The normalized spacial score (nSPS) is 13.5. The largest absolute Gasteiger partial charge is 0.399 e. The topological polar surface area (TPSA) is 103 Å². The van der Waals surface area contributed by atoms with Gasteiger partial charge in [-0.1, -0.05) is 0 Å². The summed E-state index contributed by atoms with van der Waals surface area (Å²) in [7, 11) is 0. The minimum atomic E-state index is -0.0467. The Morgan fingerprint density at radius 1 is 1.12 bits per heavy atom. The lowest BCUT2D eigenvalue weighted by molar-refractivity contribution is 0.698. The Morgan fingerprint density at radius 2 is 1.88 bits per heavy atom. The molecule has 0 fully saturated rings. The standard InChI is InChI=1S/C19H20N6O/c1-12-6-9-25(15-4-2-14(20)3-5-15)18(26)17(12)24-8-7-16-13(11-24)10-22-19(21)23-16/h2-6,9-10H,7-8,11,20H2,1H3,(H2,21,22,23). The van der Waals surface area contributed by atoms with Gasteiger partial charge in [-0.25, -0.2) is 9.97 Å². The van der Waals surface area contributed by atoms with Crippen LogP contribution in [0.2, 0.25) is 0 Å². The zero-order chi connectivity index (χ0) is 18.3. The SMILES string of the molecule is Cc1ccn(-c2ccc(N)cc2)c(=O)c1N1CCc2nc(N)ncc2C1. The van der Waals surface area contributed by atoms with Crippen LogP contribution in [0.5, 0.6) is 0 Å². The monoisotopic (exact) mass is 348 g/mol. The molecule has 3 heterocycles. The first-order valence-corrected chi connectivity index (χ1v) is 8.46. The van der Waals surface area contributed by atoms with Crippen LogP contribution in [0.4, 0.5) is 17.3 Å². The lowest BCUT2D eigenvalue weighted by atomic mass is 10.1. The van der Waals surface area contributed by atoms with E-state index in [1.165, 1.54) is 0 Å². The van der Waals surface area contributed by atoms with E-state index in [1.54, 1.807) is 29.1 Å². The van der Waals surface area contributed by atoms with E-state index in [-0.39, 0.29) is 5.56 Å². The van der Waals surface area contributed by atoms with Gasteiger partial charge in [0.25, 0.3) is 5.56 Å². The summed E-state index contributed by atoms with van der Waals surface area (Å²) in [6.07, 6.45) is 4.28. The number of aromatic nitrogens is 3. The third-order valence-corrected chi connectivity index (χ3v) is 4.71. The minimum absolute atomic E-state index is 0.0467. The fraction of sp³-hybridized carbons (Fsp3) is 0.211. The molecule has 0 aliphatic carbocycles. The van der Waals surface area contributed by atoms with Crippen LogP contribution in [0.15, 0.2) is 47.5 Å². The number of hydrogen-bond acceptors (Lipinski definition) is 6. The van der Waals surface area contributed by atoms with E-state index in [9.17, 15) is 4.79 Å². The molecular formula is C19H20N6O. The summed E-state index contributed by atoms with van der Waals surface area (Å²) in [5.41, 5.74) is 16.5. The Kier molecular flexibility index (Phi) is 3.84. The Balaban J connectivity index is 1.75.